The van der Waals surface area contributed by atoms with Crippen LogP contribution in [-0.2, 0) is 4.74 Å². The number of aliphatic hydroxyl groups is 1. The van der Waals surface area contributed by atoms with Gasteiger partial charge in [0.05, 0.1) is 13.2 Å². The van der Waals surface area contributed by atoms with Gasteiger partial charge in [0.1, 0.15) is 0 Å². The number of rotatable bonds is 24. The Balaban J connectivity index is 3.61. The number of unbranched alkanes of at least 4 members (excludes halogenated alkanes) is 16. The Morgan fingerprint density at radius 2 is 0.893 bits per heavy atom. The van der Waals surface area contributed by atoms with Crippen molar-refractivity contribution in [3.8, 4) is 0 Å². The molecule has 0 aliphatic rings. The van der Waals surface area contributed by atoms with Crippen molar-refractivity contribution < 1.29 is 9.84 Å². The predicted octanol–water partition coefficient (Wildman–Crippen LogP) is 8.45. The van der Waals surface area contributed by atoms with E-state index < -0.39 is 0 Å². The van der Waals surface area contributed by atoms with Crippen LogP contribution >= 0.6 is 0 Å². The van der Waals surface area contributed by atoms with E-state index >= 15 is 0 Å². The standard InChI is InChI=1S/C26H54O2/c1-3-5-7-9-11-13-14-16-18-20-22-26(25-28-24-23-27)21-19-17-15-12-10-8-6-4-2/h26-27H,3-25H2,1-2H3. The molecule has 0 bridgehead atoms. The predicted molar refractivity (Wildman–Crippen MR) is 125 cm³/mol. The molecule has 0 aromatic rings. The third kappa shape index (κ3) is 22.2. The van der Waals surface area contributed by atoms with Crippen LogP contribution in [0.25, 0.3) is 0 Å². The van der Waals surface area contributed by atoms with E-state index in [1.165, 1.54) is 128 Å². The van der Waals surface area contributed by atoms with E-state index in [2.05, 4.69) is 13.8 Å². The minimum atomic E-state index is 0.155. The fraction of sp³-hybridized carbons (Fsp3) is 1.00. The van der Waals surface area contributed by atoms with Gasteiger partial charge in [-0.1, -0.05) is 129 Å². The quantitative estimate of drug-likeness (QED) is 0.165. The Kier molecular flexibility index (Phi) is 24.9. The zero-order valence-corrected chi connectivity index (χ0v) is 19.7. The van der Waals surface area contributed by atoms with Crippen molar-refractivity contribution in [2.45, 2.75) is 142 Å². The Hall–Kier alpha value is -0.0800. The third-order valence-electron chi connectivity index (χ3n) is 6.02. The average Bonchev–Trinajstić information content (AvgIpc) is 2.71. The molecule has 0 aliphatic carbocycles. The molecule has 0 aliphatic heterocycles. The highest BCUT2D eigenvalue weighted by Gasteiger charge is 2.09. The second-order valence-corrected chi connectivity index (χ2v) is 8.90. The summed E-state index contributed by atoms with van der Waals surface area (Å²) in [5.41, 5.74) is 0. The van der Waals surface area contributed by atoms with E-state index in [9.17, 15) is 0 Å². The van der Waals surface area contributed by atoms with Gasteiger partial charge in [0.25, 0.3) is 0 Å². The minimum absolute atomic E-state index is 0.155. The summed E-state index contributed by atoms with van der Waals surface area (Å²) in [5, 5.41) is 8.95. The van der Waals surface area contributed by atoms with Gasteiger partial charge in [-0.15, -0.1) is 0 Å². The molecule has 0 rings (SSSR count). The summed E-state index contributed by atoms with van der Waals surface area (Å²) in [7, 11) is 0. The Morgan fingerprint density at radius 1 is 0.536 bits per heavy atom. The zero-order valence-electron chi connectivity index (χ0n) is 19.7. The van der Waals surface area contributed by atoms with Gasteiger partial charge in [-0.05, 0) is 18.8 Å². The summed E-state index contributed by atoms with van der Waals surface area (Å²) in [4.78, 5) is 0. The molecule has 0 amide bonds. The molecule has 0 fully saturated rings. The zero-order chi connectivity index (χ0) is 20.5. The van der Waals surface area contributed by atoms with Crippen LogP contribution in [0, 0.1) is 5.92 Å². The van der Waals surface area contributed by atoms with Gasteiger partial charge in [-0.2, -0.15) is 0 Å². The molecule has 28 heavy (non-hydrogen) atoms. The molecule has 0 saturated heterocycles. The van der Waals surface area contributed by atoms with Gasteiger partial charge in [-0.25, -0.2) is 0 Å². The highest BCUT2D eigenvalue weighted by molar-refractivity contribution is 4.61. The van der Waals surface area contributed by atoms with Crippen LogP contribution < -0.4 is 0 Å². The van der Waals surface area contributed by atoms with Crippen molar-refractivity contribution in [3.63, 3.8) is 0 Å². The molecule has 0 spiro atoms. The first-order valence-electron chi connectivity index (χ1n) is 13.0. The second kappa shape index (κ2) is 25.0. The molecule has 0 aromatic carbocycles. The molecular weight excluding hydrogens is 344 g/mol. The highest BCUT2D eigenvalue weighted by Crippen LogP contribution is 2.20. The molecule has 1 atom stereocenters. The normalized spacial score (nSPS) is 12.5. The minimum Gasteiger partial charge on any atom is -0.394 e. The maximum Gasteiger partial charge on any atom is 0.0697 e. The van der Waals surface area contributed by atoms with Crippen LogP contribution in [0.1, 0.15) is 142 Å². The van der Waals surface area contributed by atoms with Crippen molar-refractivity contribution in [1.29, 1.82) is 0 Å². The Labute approximate surface area is 178 Å². The SMILES string of the molecule is CCCCCCCCCCCCC(CCCCCCCCCC)COCCO. The largest absolute Gasteiger partial charge is 0.394 e. The lowest BCUT2D eigenvalue weighted by atomic mass is 9.94. The maximum atomic E-state index is 8.95. The molecule has 2 nitrogen and oxygen atoms in total. The summed E-state index contributed by atoms with van der Waals surface area (Å²) < 4.78 is 5.66. The van der Waals surface area contributed by atoms with Crippen LogP contribution in [0.4, 0.5) is 0 Å². The lowest BCUT2D eigenvalue weighted by Gasteiger charge is -2.17. The van der Waals surface area contributed by atoms with Crippen LogP contribution in [0.15, 0.2) is 0 Å². The van der Waals surface area contributed by atoms with Crippen molar-refractivity contribution in [3.05, 3.63) is 0 Å². The van der Waals surface area contributed by atoms with Gasteiger partial charge < -0.3 is 9.84 Å². The first kappa shape index (κ1) is 27.9. The Morgan fingerprint density at radius 3 is 1.25 bits per heavy atom. The van der Waals surface area contributed by atoms with E-state index in [0.29, 0.717) is 12.5 Å². The van der Waals surface area contributed by atoms with Crippen LogP contribution in [0.5, 0.6) is 0 Å². The summed E-state index contributed by atoms with van der Waals surface area (Å²) >= 11 is 0. The Bertz CT molecular complexity index is 267. The maximum absolute atomic E-state index is 8.95. The second-order valence-electron chi connectivity index (χ2n) is 8.90. The lowest BCUT2D eigenvalue weighted by molar-refractivity contribution is 0.0619. The first-order valence-corrected chi connectivity index (χ1v) is 13.0. The monoisotopic (exact) mass is 398 g/mol. The van der Waals surface area contributed by atoms with Crippen LogP contribution in [-0.4, -0.2) is 24.9 Å². The lowest BCUT2D eigenvalue weighted by Crippen LogP contribution is -2.12. The fourth-order valence-electron chi connectivity index (χ4n) is 4.11. The summed E-state index contributed by atoms with van der Waals surface area (Å²) in [6, 6.07) is 0. The third-order valence-corrected chi connectivity index (χ3v) is 6.02. The van der Waals surface area contributed by atoms with Gasteiger partial charge in [0, 0.05) is 6.61 Å². The number of hydrogen-bond acceptors (Lipinski definition) is 2. The van der Waals surface area contributed by atoms with Crippen LogP contribution in [0.2, 0.25) is 0 Å². The molecule has 0 aromatic heterocycles. The molecule has 2 heteroatoms. The summed E-state index contributed by atoms with van der Waals surface area (Å²) in [6.07, 6.45) is 27.9. The van der Waals surface area contributed by atoms with Gasteiger partial charge >= 0.3 is 0 Å². The van der Waals surface area contributed by atoms with E-state index in [1.54, 1.807) is 0 Å². The fourth-order valence-corrected chi connectivity index (χ4v) is 4.11. The molecule has 0 saturated carbocycles. The molecule has 1 unspecified atom stereocenters. The van der Waals surface area contributed by atoms with Crippen LogP contribution in [0.3, 0.4) is 0 Å². The highest BCUT2D eigenvalue weighted by atomic mass is 16.5. The van der Waals surface area contributed by atoms with Gasteiger partial charge in [0.15, 0.2) is 0 Å². The molecule has 170 valence electrons. The van der Waals surface area contributed by atoms with E-state index in [1.807, 2.05) is 0 Å². The van der Waals surface area contributed by atoms with E-state index in [-0.39, 0.29) is 6.61 Å². The number of hydrogen-bond donors (Lipinski definition) is 1. The molecule has 0 radical (unpaired) electrons. The average molecular weight is 399 g/mol. The first-order chi connectivity index (χ1) is 13.8. The topological polar surface area (TPSA) is 29.5 Å². The molecule has 0 heterocycles. The smallest absolute Gasteiger partial charge is 0.0697 e. The number of ether oxygens (including phenoxy) is 1. The number of aliphatic hydroxyl groups excluding tert-OH is 1. The van der Waals surface area contributed by atoms with Crippen molar-refractivity contribution in [1.82, 2.24) is 0 Å². The molecular formula is C26H54O2. The van der Waals surface area contributed by atoms with Gasteiger partial charge in [-0.3, -0.25) is 0 Å². The van der Waals surface area contributed by atoms with Gasteiger partial charge in [0.2, 0.25) is 0 Å². The van der Waals surface area contributed by atoms with Crippen molar-refractivity contribution >= 4 is 0 Å². The van der Waals surface area contributed by atoms with E-state index in [4.69, 9.17) is 9.84 Å². The van der Waals surface area contributed by atoms with Crippen molar-refractivity contribution in [2.24, 2.45) is 5.92 Å². The summed E-state index contributed by atoms with van der Waals surface area (Å²) in [5.74, 6) is 0.709. The molecule has 1 N–H and O–H groups in total. The van der Waals surface area contributed by atoms with E-state index in [0.717, 1.165) is 6.61 Å². The van der Waals surface area contributed by atoms with Crippen molar-refractivity contribution in [2.75, 3.05) is 19.8 Å². The summed E-state index contributed by atoms with van der Waals surface area (Å²) in [6.45, 7) is 6.09.